The molecule has 1 heterocycles. The van der Waals surface area contributed by atoms with Crippen molar-refractivity contribution >= 4 is 16.5 Å². The summed E-state index contributed by atoms with van der Waals surface area (Å²) in [6.45, 7) is 10.8. The number of nitrogens with one attached hydrogen (secondary N) is 1. The Kier molecular flexibility index (Phi) is 5.65. The lowest BCUT2D eigenvalue weighted by Crippen LogP contribution is -2.21. The van der Waals surface area contributed by atoms with Crippen molar-refractivity contribution < 1.29 is 0 Å². The van der Waals surface area contributed by atoms with Crippen LogP contribution in [0, 0.1) is 0 Å². The number of rotatable bonds is 7. The van der Waals surface area contributed by atoms with Gasteiger partial charge in [-0.3, -0.25) is 4.90 Å². The molecule has 0 spiro atoms. The molecule has 0 aliphatic rings. The number of thiazole rings is 1. The number of aromatic nitrogens is 1. The molecule has 0 saturated carbocycles. The quantitative estimate of drug-likeness (QED) is 0.776. The minimum Gasteiger partial charge on any atom is -0.362 e. The summed E-state index contributed by atoms with van der Waals surface area (Å²) in [6.07, 6.45) is 3.13. The SMILES string of the molecule is CCCNc1ncc(CN(CC)CC)s1. The fourth-order valence-electron chi connectivity index (χ4n) is 1.36. The Hall–Kier alpha value is -0.610. The van der Waals surface area contributed by atoms with Crippen molar-refractivity contribution in [3.05, 3.63) is 11.1 Å². The van der Waals surface area contributed by atoms with E-state index in [1.165, 1.54) is 4.88 Å². The summed E-state index contributed by atoms with van der Waals surface area (Å²) >= 11 is 1.77. The molecular weight excluding hydrogens is 206 g/mol. The minimum atomic E-state index is 1.01. The first kappa shape index (κ1) is 12.5. The molecule has 86 valence electrons. The van der Waals surface area contributed by atoms with Gasteiger partial charge in [0, 0.05) is 24.2 Å². The van der Waals surface area contributed by atoms with Crippen LogP contribution in [-0.4, -0.2) is 29.5 Å². The Morgan fingerprint density at radius 3 is 2.67 bits per heavy atom. The average Bonchev–Trinajstić information content (AvgIpc) is 2.70. The largest absolute Gasteiger partial charge is 0.362 e. The summed E-state index contributed by atoms with van der Waals surface area (Å²) in [5.41, 5.74) is 0. The second-order valence-corrected chi connectivity index (χ2v) is 4.64. The zero-order valence-electron chi connectivity index (χ0n) is 9.92. The van der Waals surface area contributed by atoms with Crippen LogP contribution in [0.5, 0.6) is 0 Å². The van der Waals surface area contributed by atoms with Crippen LogP contribution in [0.1, 0.15) is 32.1 Å². The summed E-state index contributed by atoms with van der Waals surface area (Å²) in [7, 11) is 0. The molecule has 1 rings (SSSR count). The van der Waals surface area contributed by atoms with Crippen LogP contribution in [0.15, 0.2) is 6.20 Å². The van der Waals surface area contributed by atoms with Crippen LogP contribution in [0.2, 0.25) is 0 Å². The van der Waals surface area contributed by atoms with Gasteiger partial charge >= 0.3 is 0 Å². The van der Waals surface area contributed by atoms with E-state index in [-0.39, 0.29) is 0 Å². The van der Waals surface area contributed by atoms with Gasteiger partial charge in [-0.25, -0.2) is 4.98 Å². The van der Waals surface area contributed by atoms with Crippen molar-refractivity contribution in [3.63, 3.8) is 0 Å². The third-order valence-corrected chi connectivity index (χ3v) is 3.29. The van der Waals surface area contributed by atoms with Gasteiger partial charge in [-0.15, -0.1) is 11.3 Å². The van der Waals surface area contributed by atoms with E-state index in [4.69, 9.17) is 0 Å². The Bertz CT molecular complexity index is 269. The summed E-state index contributed by atoms with van der Waals surface area (Å²) in [4.78, 5) is 8.10. The van der Waals surface area contributed by atoms with Crippen LogP contribution in [0.3, 0.4) is 0 Å². The molecule has 0 aromatic carbocycles. The Balaban J connectivity index is 2.44. The van der Waals surface area contributed by atoms with E-state index in [1.807, 2.05) is 6.20 Å². The van der Waals surface area contributed by atoms with E-state index in [9.17, 15) is 0 Å². The predicted molar refractivity (Wildman–Crippen MR) is 67.5 cm³/mol. The van der Waals surface area contributed by atoms with Gasteiger partial charge < -0.3 is 5.32 Å². The molecule has 1 aromatic heterocycles. The molecule has 15 heavy (non-hydrogen) atoms. The highest BCUT2D eigenvalue weighted by Crippen LogP contribution is 2.19. The van der Waals surface area contributed by atoms with E-state index in [0.717, 1.165) is 37.7 Å². The van der Waals surface area contributed by atoms with Gasteiger partial charge in [-0.2, -0.15) is 0 Å². The van der Waals surface area contributed by atoms with Gasteiger partial charge in [0.25, 0.3) is 0 Å². The third-order valence-electron chi connectivity index (χ3n) is 2.35. The normalized spacial score (nSPS) is 10.9. The molecule has 0 radical (unpaired) electrons. The lowest BCUT2D eigenvalue weighted by Gasteiger charge is -2.15. The molecular formula is C11H21N3S. The summed E-state index contributed by atoms with van der Waals surface area (Å²) in [5.74, 6) is 0. The first-order valence-electron chi connectivity index (χ1n) is 5.71. The van der Waals surface area contributed by atoms with Crippen molar-refractivity contribution in [1.82, 2.24) is 9.88 Å². The topological polar surface area (TPSA) is 28.2 Å². The van der Waals surface area contributed by atoms with Crippen molar-refractivity contribution in [1.29, 1.82) is 0 Å². The van der Waals surface area contributed by atoms with Crippen molar-refractivity contribution in [2.45, 2.75) is 33.7 Å². The summed E-state index contributed by atoms with van der Waals surface area (Å²) in [6, 6.07) is 0. The Morgan fingerprint density at radius 1 is 1.33 bits per heavy atom. The van der Waals surface area contributed by atoms with E-state index in [1.54, 1.807) is 11.3 Å². The molecule has 0 saturated heterocycles. The van der Waals surface area contributed by atoms with E-state index in [2.05, 4.69) is 36.0 Å². The maximum atomic E-state index is 4.36. The van der Waals surface area contributed by atoms with Crippen LogP contribution in [0.25, 0.3) is 0 Å². The molecule has 3 nitrogen and oxygen atoms in total. The van der Waals surface area contributed by atoms with Gasteiger partial charge in [0.15, 0.2) is 5.13 Å². The molecule has 0 amide bonds. The zero-order valence-corrected chi connectivity index (χ0v) is 10.7. The second kappa shape index (κ2) is 6.80. The average molecular weight is 227 g/mol. The standard InChI is InChI=1S/C11H21N3S/c1-4-7-12-11-13-8-10(15-11)9-14(5-2)6-3/h8H,4-7,9H2,1-3H3,(H,12,13). The molecule has 4 heteroatoms. The van der Waals surface area contributed by atoms with E-state index < -0.39 is 0 Å². The Morgan fingerprint density at radius 2 is 2.07 bits per heavy atom. The van der Waals surface area contributed by atoms with Crippen LogP contribution < -0.4 is 5.32 Å². The number of nitrogens with zero attached hydrogens (tertiary/aromatic N) is 2. The summed E-state index contributed by atoms with van der Waals surface area (Å²) < 4.78 is 0. The third kappa shape index (κ3) is 4.18. The zero-order chi connectivity index (χ0) is 11.1. The number of hydrogen-bond acceptors (Lipinski definition) is 4. The van der Waals surface area contributed by atoms with Gasteiger partial charge in [0.05, 0.1) is 0 Å². The molecule has 0 aliphatic carbocycles. The van der Waals surface area contributed by atoms with Gasteiger partial charge in [0.2, 0.25) is 0 Å². The number of hydrogen-bond donors (Lipinski definition) is 1. The van der Waals surface area contributed by atoms with Crippen molar-refractivity contribution in [2.75, 3.05) is 25.0 Å². The van der Waals surface area contributed by atoms with Gasteiger partial charge in [-0.1, -0.05) is 20.8 Å². The predicted octanol–water partition coefficient (Wildman–Crippen LogP) is 2.81. The monoisotopic (exact) mass is 227 g/mol. The first-order valence-corrected chi connectivity index (χ1v) is 6.52. The van der Waals surface area contributed by atoms with Gasteiger partial charge in [0.1, 0.15) is 0 Å². The highest BCUT2D eigenvalue weighted by Gasteiger charge is 2.05. The fraction of sp³-hybridized carbons (Fsp3) is 0.727. The van der Waals surface area contributed by atoms with E-state index in [0.29, 0.717) is 0 Å². The van der Waals surface area contributed by atoms with Crippen LogP contribution in [0.4, 0.5) is 5.13 Å². The lowest BCUT2D eigenvalue weighted by atomic mass is 10.4. The molecule has 0 fully saturated rings. The van der Waals surface area contributed by atoms with E-state index >= 15 is 0 Å². The molecule has 0 unspecified atom stereocenters. The maximum absolute atomic E-state index is 4.36. The summed E-state index contributed by atoms with van der Waals surface area (Å²) in [5, 5.41) is 4.37. The smallest absolute Gasteiger partial charge is 0.182 e. The van der Waals surface area contributed by atoms with Crippen molar-refractivity contribution in [3.8, 4) is 0 Å². The molecule has 0 atom stereocenters. The highest BCUT2D eigenvalue weighted by atomic mass is 32.1. The lowest BCUT2D eigenvalue weighted by molar-refractivity contribution is 0.298. The first-order chi connectivity index (χ1) is 7.30. The van der Waals surface area contributed by atoms with Crippen LogP contribution in [-0.2, 0) is 6.54 Å². The molecule has 1 N–H and O–H groups in total. The van der Waals surface area contributed by atoms with Crippen LogP contribution >= 0.6 is 11.3 Å². The molecule has 0 aliphatic heterocycles. The highest BCUT2D eigenvalue weighted by molar-refractivity contribution is 7.15. The van der Waals surface area contributed by atoms with Gasteiger partial charge in [-0.05, 0) is 19.5 Å². The molecule has 1 aromatic rings. The van der Waals surface area contributed by atoms with Crippen molar-refractivity contribution in [2.24, 2.45) is 0 Å². The fourth-order valence-corrected chi connectivity index (χ4v) is 2.24. The Labute approximate surface area is 96.5 Å². The second-order valence-electron chi connectivity index (χ2n) is 3.52. The number of anilines is 1. The maximum Gasteiger partial charge on any atom is 0.182 e. The minimum absolute atomic E-state index is 1.01. The molecule has 0 bridgehead atoms.